The second kappa shape index (κ2) is 3.72. The summed E-state index contributed by atoms with van der Waals surface area (Å²) in [5.74, 6) is 0.898. The average molecular weight is 243 g/mol. The first-order valence-electron chi connectivity index (χ1n) is 4.22. The third-order valence-corrected chi connectivity index (χ3v) is 2.41. The van der Waals surface area contributed by atoms with Gasteiger partial charge in [-0.3, -0.25) is 0 Å². The quantitative estimate of drug-likeness (QED) is 0.836. The first kappa shape index (κ1) is 10.3. The Morgan fingerprint density at radius 2 is 2.07 bits per heavy atom. The van der Waals surface area contributed by atoms with E-state index >= 15 is 0 Å². The molecule has 0 spiro atoms. The summed E-state index contributed by atoms with van der Waals surface area (Å²) in [5.41, 5.74) is 6.34. The predicted octanol–water partition coefficient (Wildman–Crippen LogP) is 2.46. The van der Waals surface area contributed by atoms with Crippen LogP contribution in [0.2, 0.25) is 10.0 Å². The molecule has 1 aromatic carbocycles. The Kier molecular flexibility index (Phi) is 2.54. The minimum atomic E-state index is 0.303. The van der Waals surface area contributed by atoms with Crippen molar-refractivity contribution in [2.24, 2.45) is 0 Å². The van der Waals surface area contributed by atoms with Gasteiger partial charge in [0, 0.05) is 5.02 Å². The van der Waals surface area contributed by atoms with Crippen LogP contribution in [0, 0.1) is 6.92 Å². The average Bonchev–Trinajstić information content (AvgIpc) is 2.45. The number of halogens is 2. The van der Waals surface area contributed by atoms with E-state index in [1.54, 1.807) is 25.1 Å². The Labute approximate surface area is 96.6 Å². The molecule has 0 aliphatic rings. The molecule has 2 aromatic rings. The van der Waals surface area contributed by atoms with Crippen molar-refractivity contribution in [2.45, 2.75) is 6.92 Å². The summed E-state index contributed by atoms with van der Waals surface area (Å²) in [6.45, 7) is 1.76. The lowest BCUT2D eigenvalue weighted by Gasteiger charge is -2.04. The minimum Gasteiger partial charge on any atom is -0.368 e. The Hall–Kier alpha value is -1.26. The highest BCUT2D eigenvalue weighted by Gasteiger charge is 2.09. The molecule has 15 heavy (non-hydrogen) atoms. The fourth-order valence-electron chi connectivity index (χ4n) is 1.26. The van der Waals surface area contributed by atoms with Crippen molar-refractivity contribution in [1.82, 2.24) is 14.8 Å². The Bertz CT molecular complexity index is 507. The van der Waals surface area contributed by atoms with E-state index in [-0.39, 0.29) is 0 Å². The Morgan fingerprint density at radius 1 is 1.33 bits per heavy atom. The molecule has 0 amide bonds. The van der Waals surface area contributed by atoms with Gasteiger partial charge in [0.15, 0.2) is 0 Å². The number of aryl methyl sites for hydroxylation is 1. The van der Waals surface area contributed by atoms with Crippen molar-refractivity contribution in [3.63, 3.8) is 0 Å². The molecule has 2 rings (SSSR count). The van der Waals surface area contributed by atoms with Gasteiger partial charge < -0.3 is 5.73 Å². The second-order valence-electron chi connectivity index (χ2n) is 3.02. The van der Waals surface area contributed by atoms with E-state index in [1.807, 2.05) is 0 Å². The zero-order chi connectivity index (χ0) is 11.0. The van der Waals surface area contributed by atoms with Gasteiger partial charge >= 0.3 is 0 Å². The first-order chi connectivity index (χ1) is 7.08. The standard InChI is InChI=1S/C9H8Cl2N4/c1-5-13-9(12)15(14-5)8-3-2-6(10)4-7(8)11/h2-4H,1H3,(H2,12,13,14). The predicted molar refractivity (Wildman–Crippen MR) is 60.5 cm³/mol. The maximum absolute atomic E-state index is 6.02. The molecule has 0 radical (unpaired) electrons. The molecule has 0 unspecified atom stereocenters. The summed E-state index contributed by atoms with van der Waals surface area (Å²) >= 11 is 11.8. The number of nitrogens with zero attached hydrogens (tertiary/aromatic N) is 3. The molecule has 0 fully saturated rings. The van der Waals surface area contributed by atoms with Crippen molar-refractivity contribution in [1.29, 1.82) is 0 Å². The lowest BCUT2D eigenvalue weighted by atomic mass is 10.3. The number of anilines is 1. The topological polar surface area (TPSA) is 56.7 Å². The van der Waals surface area contributed by atoms with Crippen LogP contribution in [0.1, 0.15) is 5.82 Å². The molecular formula is C9H8Cl2N4. The largest absolute Gasteiger partial charge is 0.368 e. The van der Waals surface area contributed by atoms with Gasteiger partial charge in [-0.05, 0) is 25.1 Å². The van der Waals surface area contributed by atoms with Crippen LogP contribution in [-0.2, 0) is 0 Å². The van der Waals surface area contributed by atoms with Crippen LogP contribution in [0.5, 0.6) is 0 Å². The van der Waals surface area contributed by atoms with Gasteiger partial charge in [0.05, 0.1) is 10.7 Å². The maximum atomic E-state index is 6.02. The van der Waals surface area contributed by atoms with Gasteiger partial charge in [0.1, 0.15) is 5.82 Å². The van der Waals surface area contributed by atoms with Gasteiger partial charge in [-0.2, -0.15) is 9.67 Å². The Morgan fingerprint density at radius 3 is 2.60 bits per heavy atom. The lowest BCUT2D eigenvalue weighted by Crippen LogP contribution is -2.02. The monoisotopic (exact) mass is 242 g/mol. The number of rotatable bonds is 1. The number of hydrogen-bond donors (Lipinski definition) is 1. The van der Waals surface area contributed by atoms with E-state index in [1.165, 1.54) is 4.68 Å². The molecule has 78 valence electrons. The van der Waals surface area contributed by atoms with Gasteiger partial charge in [-0.1, -0.05) is 23.2 Å². The molecule has 1 heterocycles. The molecular weight excluding hydrogens is 235 g/mol. The fourth-order valence-corrected chi connectivity index (χ4v) is 1.75. The van der Waals surface area contributed by atoms with Crippen molar-refractivity contribution < 1.29 is 0 Å². The fraction of sp³-hybridized carbons (Fsp3) is 0.111. The zero-order valence-electron chi connectivity index (χ0n) is 7.91. The molecule has 4 nitrogen and oxygen atoms in total. The molecule has 0 saturated carbocycles. The second-order valence-corrected chi connectivity index (χ2v) is 3.87. The van der Waals surface area contributed by atoms with Crippen LogP contribution < -0.4 is 5.73 Å². The van der Waals surface area contributed by atoms with Gasteiger partial charge in [0.25, 0.3) is 0 Å². The maximum Gasteiger partial charge on any atom is 0.223 e. The molecule has 6 heteroatoms. The van der Waals surface area contributed by atoms with Crippen molar-refractivity contribution in [3.05, 3.63) is 34.1 Å². The minimum absolute atomic E-state index is 0.303. The summed E-state index contributed by atoms with van der Waals surface area (Å²) in [6.07, 6.45) is 0. The summed E-state index contributed by atoms with van der Waals surface area (Å²) in [4.78, 5) is 3.99. The number of aromatic nitrogens is 3. The van der Waals surface area contributed by atoms with Crippen LogP contribution in [0.4, 0.5) is 5.95 Å². The summed E-state index contributed by atoms with van der Waals surface area (Å²) in [6, 6.07) is 5.10. The van der Waals surface area contributed by atoms with Gasteiger partial charge in [-0.25, -0.2) is 0 Å². The Balaban J connectivity index is 2.59. The van der Waals surface area contributed by atoms with E-state index in [0.717, 1.165) is 0 Å². The summed E-state index contributed by atoms with van der Waals surface area (Å²) in [5, 5.41) is 5.18. The normalized spacial score (nSPS) is 10.6. The van der Waals surface area contributed by atoms with E-state index < -0.39 is 0 Å². The van der Waals surface area contributed by atoms with E-state index in [0.29, 0.717) is 27.5 Å². The van der Waals surface area contributed by atoms with Crippen molar-refractivity contribution in [3.8, 4) is 5.69 Å². The first-order valence-corrected chi connectivity index (χ1v) is 4.98. The van der Waals surface area contributed by atoms with Crippen LogP contribution in [0.3, 0.4) is 0 Å². The smallest absolute Gasteiger partial charge is 0.223 e. The molecule has 0 aliphatic carbocycles. The van der Waals surface area contributed by atoms with E-state index in [4.69, 9.17) is 28.9 Å². The molecule has 0 bridgehead atoms. The van der Waals surface area contributed by atoms with Gasteiger partial charge in [-0.15, -0.1) is 5.10 Å². The zero-order valence-corrected chi connectivity index (χ0v) is 9.42. The summed E-state index contributed by atoms with van der Waals surface area (Å²) < 4.78 is 1.48. The van der Waals surface area contributed by atoms with Crippen molar-refractivity contribution >= 4 is 29.2 Å². The summed E-state index contributed by atoms with van der Waals surface area (Å²) in [7, 11) is 0. The molecule has 1 aromatic heterocycles. The number of nitrogens with two attached hydrogens (primary N) is 1. The van der Waals surface area contributed by atoms with Crippen LogP contribution in [0.25, 0.3) is 5.69 Å². The van der Waals surface area contributed by atoms with Crippen molar-refractivity contribution in [2.75, 3.05) is 5.73 Å². The highest BCUT2D eigenvalue weighted by Crippen LogP contribution is 2.25. The van der Waals surface area contributed by atoms with Crippen LogP contribution in [-0.4, -0.2) is 14.8 Å². The number of benzene rings is 1. The molecule has 0 aliphatic heterocycles. The lowest BCUT2D eigenvalue weighted by molar-refractivity contribution is 0.872. The third-order valence-electron chi connectivity index (χ3n) is 1.88. The molecule has 0 saturated heterocycles. The van der Waals surface area contributed by atoms with E-state index in [2.05, 4.69) is 10.1 Å². The molecule has 2 N–H and O–H groups in total. The van der Waals surface area contributed by atoms with Crippen LogP contribution in [0.15, 0.2) is 18.2 Å². The highest BCUT2D eigenvalue weighted by atomic mass is 35.5. The van der Waals surface area contributed by atoms with E-state index in [9.17, 15) is 0 Å². The molecule has 0 atom stereocenters. The SMILES string of the molecule is Cc1nc(N)n(-c2ccc(Cl)cc2Cl)n1. The highest BCUT2D eigenvalue weighted by molar-refractivity contribution is 6.35. The third kappa shape index (κ3) is 1.91. The number of hydrogen-bond acceptors (Lipinski definition) is 3. The van der Waals surface area contributed by atoms with Gasteiger partial charge in [0.2, 0.25) is 5.95 Å². The number of nitrogen functional groups attached to an aromatic ring is 1. The van der Waals surface area contributed by atoms with Crippen LogP contribution >= 0.6 is 23.2 Å².